The Bertz CT molecular complexity index is 746. The third-order valence-electron chi connectivity index (χ3n) is 4.53. The zero-order chi connectivity index (χ0) is 16.4. The number of aliphatic imine (C=N–C) groups is 1. The fourth-order valence-electron chi connectivity index (χ4n) is 2.93. The Hall–Kier alpha value is -2.42. The van der Waals surface area contributed by atoms with Crippen LogP contribution in [-0.2, 0) is 4.79 Å². The van der Waals surface area contributed by atoms with Gasteiger partial charge < -0.3 is 4.90 Å². The second-order valence-electron chi connectivity index (χ2n) is 5.93. The normalized spacial score (nSPS) is 16.7. The number of nitrogens with zero attached hydrogens (tertiary/aromatic N) is 2. The van der Waals surface area contributed by atoms with Crippen LogP contribution in [0, 0.1) is 0 Å². The number of amides is 1. The lowest BCUT2D eigenvalue weighted by Gasteiger charge is -2.13. The molecular weight excluding hydrogens is 284 g/mol. The largest absolute Gasteiger partial charge is 0.307 e. The number of hydrogen-bond acceptors (Lipinski definition) is 2. The number of benzene rings is 2. The Kier molecular flexibility index (Phi) is 4.28. The average molecular weight is 306 g/mol. The Balaban J connectivity index is 1.98. The van der Waals surface area contributed by atoms with E-state index in [1.165, 1.54) is 5.56 Å². The quantitative estimate of drug-likeness (QED) is 0.806. The smallest absolute Gasteiger partial charge is 0.277 e. The average Bonchev–Trinajstić information content (AvgIpc) is 2.86. The lowest BCUT2D eigenvalue weighted by Crippen LogP contribution is -2.29. The van der Waals surface area contributed by atoms with Gasteiger partial charge in [-0.1, -0.05) is 44.2 Å². The molecule has 1 heterocycles. The van der Waals surface area contributed by atoms with Crippen LogP contribution in [0.2, 0.25) is 0 Å². The molecule has 1 atom stereocenters. The molecule has 0 aliphatic carbocycles. The van der Waals surface area contributed by atoms with E-state index in [1.807, 2.05) is 43.3 Å². The number of carbonyl (C=O) groups excluding carboxylic acids is 1. The second-order valence-corrected chi connectivity index (χ2v) is 5.93. The summed E-state index contributed by atoms with van der Waals surface area (Å²) < 4.78 is 0. The fraction of sp³-hybridized carbons (Fsp3) is 0.300. The van der Waals surface area contributed by atoms with Crippen molar-refractivity contribution in [2.24, 2.45) is 4.99 Å². The van der Waals surface area contributed by atoms with Gasteiger partial charge in [-0.05, 0) is 43.0 Å². The van der Waals surface area contributed by atoms with E-state index >= 15 is 0 Å². The molecule has 3 rings (SSSR count). The Morgan fingerprint density at radius 2 is 1.74 bits per heavy atom. The van der Waals surface area contributed by atoms with Gasteiger partial charge in [-0.2, -0.15) is 0 Å². The van der Waals surface area contributed by atoms with Crippen LogP contribution >= 0.6 is 0 Å². The summed E-state index contributed by atoms with van der Waals surface area (Å²) in [6, 6.07) is 16.1. The maximum Gasteiger partial charge on any atom is 0.277 e. The highest BCUT2D eigenvalue weighted by molar-refractivity contribution is 6.54. The summed E-state index contributed by atoms with van der Waals surface area (Å²) in [6.45, 7) is 7.05. The third kappa shape index (κ3) is 2.79. The number of carbonyl (C=O) groups is 1. The van der Waals surface area contributed by atoms with Gasteiger partial charge in [-0.3, -0.25) is 4.79 Å². The standard InChI is InChI=1S/C20H22N2O/c1-4-14(3)15-10-12-16(13-11-15)21-19-17-8-6-7-9-18(17)22(5-2)20(19)23/h6-14H,4-5H2,1-3H3. The fourth-order valence-corrected chi connectivity index (χ4v) is 2.93. The highest BCUT2D eigenvalue weighted by Gasteiger charge is 2.32. The van der Waals surface area contributed by atoms with Crippen LogP contribution in [0.15, 0.2) is 53.5 Å². The summed E-state index contributed by atoms with van der Waals surface area (Å²) in [4.78, 5) is 19.0. The number of fused-ring (bicyclic) bond motifs is 1. The molecule has 3 heteroatoms. The first-order chi connectivity index (χ1) is 11.2. The number of anilines is 1. The van der Waals surface area contributed by atoms with E-state index in [-0.39, 0.29) is 5.91 Å². The van der Waals surface area contributed by atoms with E-state index in [0.29, 0.717) is 18.2 Å². The summed E-state index contributed by atoms with van der Waals surface area (Å²) in [5.74, 6) is 0.529. The molecule has 118 valence electrons. The summed E-state index contributed by atoms with van der Waals surface area (Å²) >= 11 is 0. The topological polar surface area (TPSA) is 32.7 Å². The second kappa shape index (κ2) is 6.37. The van der Waals surface area contributed by atoms with Crippen LogP contribution in [-0.4, -0.2) is 18.2 Å². The van der Waals surface area contributed by atoms with Crippen molar-refractivity contribution >= 4 is 23.0 Å². The van der Waals surface area contributed by atoms with Crippen molar-refractivity contribution in [1.82, 2.24) is 0 Å². The molecule has 1 amide bonds. The molecule has 2 aromatic rings. The van der Waals surface area contributed by atoms with Gasteiger partial charge in [-0.15, -0.1) is 0 Å². The van der Waals surface area contributed by atoms with Crippen molar-refractivity contribution in [3.8, 4) is 0 Å². The van der Waals surface area contributed by atoms with Crippen LogP contribution in [0.1, 0.15) is 44.2 Å². The first-order valence-electron chi connectivity index (χ1n) is 8.25. The first-order valence-corrected chi connectivity index (χ1v) is 8.25. The molecule has 3 nitrogen and oxygen atoms in total. The maximum atomic E-state index is 12.6. The Morgan fingerprint density at radius 1 is 1.04 bits per heavy atom. The predicted octanol–water partition coefficient (Wildman–Crippen LogP) is 4.69. The summed E-state index contributed by atoms with van der Waals surface area (Å²) in [5, 5.41) is 0. The lowest BCUT2D eigenvalue weighted by molar-refractivity contribution is -0.112. The van der Waals surface area contributed by atoms with Crippen molar-refractivity contribution in [3.63, 3.8) is 0 Å². The molecule has 0 aromatic heterocycles. The van der Waals surface area contributed by atoms with Gasteiger partial charge in [0.1, 0.15) is 5.71 Å². The van der Waals surface area contributed by atoms with Crippen molar-refractivity contribution in [2.45, 2.75) is 33.1 Å². The van der Waals surface area contributed by atoms with E-state index in [0.717, 1.165) is 23.4 Å². The van der Waals surface area contributed by atoms with E-state index in [4.69, 9.17) is 0 Å². The SMILES string of the molecule is CCC(C)c1ccc(N=C2C(=O)N(CC)c3ccccc32)cc1. The van der Waals surface area contributed by atoms with Crippen LogP contribution in [0.25, 0.3) is 0 Å². The van der Waals surface area contributed by atoms with Gasteiger partial charge in [0.2, 0.25) is 0 Å². The van der Waals surface area contributed by atoms with Crippen molar-refractivity contribution in [3.05, 3.63) is 59.7 Å². The number of rotatable bonds is 4. The molecule has 1 aliphatic heterocycles. The molecular formula is C20H22N2O. The van der Waals surface area contributed by atoms with Crippen LogP contribution in [0.4, 0.5) is 11.4 Å². The highest BCUT2D eigenvalue weighted by Crippen LogP contribution is 2.30. The van der Waals surface area contributed by atoms with Crippen molar-refractivity contribution in [1.29, 1.82) is 0 Å². The molecule has 1 unspecified atom stereocenters. The molecule has 23 heavy (non-hydrogen) atoms. The van der Waals surface area contributed by atoms with Gasteiger partial charge in [0.15, 0.2) is 0 Å². The molecule has 0 radical (unpaired) electrons. The number of hydrogen-bond donors (Lipinski definition) is 0. The van der Waals surface area contributed by atoms with Gasteiger partial charge in [0.25, 0.3) is 5.91 Å². The molecule has 0 spiro atoms. The van der Waals surface area contributed by atoms with E-state index in [9.17, 15) is 4.79 Å². The zero-order valence-corrected chi connectivity index (χ0v) is 13.9. The molecule has 0 saturated heterocycles. The minimum absolute atomic E-state index is 0.0142. The third-order valence-corrected chi connectivity index (χ3v) is 4.53. The Morgan fingerprint density at radius 3 is 2.39 bits per heavy atom. The van der Waals surface area contributed by atoms with Gasteiger partial charge >= 0.3 is 0 Å². The molecule has 0 bridgehead atoms. The maximum absolute atomic E-state index is 12.6. The zero-order valence-electron chi connectivity index (χ0n) is 13.9. The van der Waals surface area contributed by atoms with Crippen molar-refractivity contribution < 1.29 is 4.79 Å². The van der Waals surface area contributed by atoms with E-state index in [2.05, 4.69) is 31.0 Å². The van der Waals surface area contributed by atoms with Gasteiger partial charge in [-0.25, -0.2) is 4.99 Å². The van der Waals surface area contributed by atoms with Crippen molar-refractivity contribution in [2.75, 3.05) is 11.4 Å². The van der Waals surface area contributed by atoms with Crippen LogP contribution in [0.3, 0.4) is 0 Å². The molecule has 0 saturated carbocycles. The Labute approximate surface area is 137 Å². The number of para-hydroxylation sites is 1. The van der Waals surface area contributed by atoms with Gasteiger partial charge in [0.05, 0.1) is 11.4 Å². The number of likely N-dealkylation sites (N-methyl/N-ethyl adjacent to an activating group) is 1. The van der Waals surface area contributed by atoms with E-state index in [1.54, 1.807) is 4.90 Å². The molecule has 0 N–H and O–H groups in total. The van der Waals surface area contributed by atoms with Gasteiger partial charge in [0, 0.05) is 12.1 Å². The minimum atomic E-state index is -0.0142. The lowest BCUT2D eigenvalue weighted by atomic mass is 9.99. The monoisotopic (exact) mass is 306 g/mol. The molecule has 2 aromatic carbocycles. The van der Waals surface area contributed by atoms with Crippen LogP contribution in [0.5, 0.6) is 0 Å². The van der Waals surface area contributed by atoms with Crippen LogP contribution < -0.4 is 4.90 Å². The first kappa shape index (κ1) is 15.5. The summed E-state index contributed by atoms with van der Waals surface area (Å²) in [5.41, 5.74) is 4.55. The molecule has 1 aliphatic rings. The van der Waals surface area contributed by atoms with E-state index < -0.39 is 0 Å². The predicted molar refractivity (Wildman–Crippen MR) is 95.8 cm³/mol. The summed E-state index contributed by atoms with van der Waals surface area (Å²) in [7, 11) is 0. The minimum Gasteiger partial charge on any atom is -0.307 e. The summed E-state index contributed by atoms with van der Waals surface area (Å²) in [6.07, 6.45) is 1.12. The highest BCUT2D eigenvalue weighted by atomic mass is 16.2. The molecule has 0 fully saturated rings.